The maximum atomic E-state index is 5.90. The van der Waals surface area contributed by atoms with Crippen LogP contribution in [-0.2, 0) is 18.9 Å². The smallest absolute Gasteiger partial charge is 0.183 e. The topological polar surface area (TPSA) is 115 Å². The second-order valence-electron chi connectivity index (χ2n) is 8.66. The van der Waals surface area contributed by atoms with Gasteiger partial charge in [0.1, 0.15) is 0 Å². The fourth-order valence-electron chi connectivity index (χ4n) is 2.35. The van der Waals surface area contributed by atoms with E-state index >= 15 is 0 Å². The molecule has 5 unspecified atom stereocenters. The molecule has 7 heteroatoms. The van der Waals surface area contributed by atoms with E-state index in [9.17, 15) is 0 Å². The third kappa shape index (κ3) is 17.1. The predicted molar refractivity (Wildman–Crippen MR) is 137 cm³/mol. The van der Waals surface area contributed by atoms with Crippen LogP contribution in [0.2, 0.25) is 0 Å². The minimum atomic E-state index is -0.312. The summed E-state index contributed by atoms with van der Waals surface area (Å²) < 4.78 is 22.5. The van der Waals surface area contributed by atoms with Gasteiger partial charge in [-0.3, -0.25) is 0 Å². The fraction of sp³-hybridized carbons (Fsp3) is 0.769. The first-order chi connectivity index (χ1) is 15.8. The van der Waals surface area contributed by atoms with Crippen LogP contribution in [0.15, 0.2) is 30.3 Å². The predicted octanol–water partition coefficient (Wildman–Crippen LogP) is 4.34. The summed E-state index contributed by atoms with van der Waals surface area (Å²) in [6, 6.07) is 10.3. The molecule has 33 heavy (non-hydrogen) atoms. The zero-order chi connectivity index (χ0) is 25.1. The molecule has 1 aromatic carbocycles. The minimum absolute atomic E-state index is 0.0680. The number of ether oxygens (including phenoxy) is 4. The summed E-state index contributed by atoms with van der Waals surface area (Å²) in [6.45, 7) is 14.7. The molecule has 0 saturated heterocycles. The average molecular weight is 470 g/mol. The Morgan fingerprint density at radius 3 is 1.45 bits per heavy atom. The molecule has 7 nitrogen and oxygen atoms in total. The number of hydrogen-bond acceptors (Lipinski definition) is 7. The molecule has 1 aromatic rings. The van der Waals surface area contributed by atoms with Gasteiger partial charge in [-0.05, 0) is 32.1 Å². The molecule has 0 aliphatic heterocycles. The summed E-state index contributed by atoms with van der Waals surface area (Å²) in [5, 5.41) is 0. The van der Waals surface area contributed by atoms with Crippen molar-refractivity contribution < 1.29 is 18.9 Å². The van der Waals surface area contributed by atoms with E-state index in [1.54, 1.807) is 0 Å². The highest BCUT2D eigenvalue weighted by molar-refractivity contribution is 5.15. The van der Waals surface area contributed by atoms with Crippen molar-refractivity contribution in [1.29, 1.82) is 0 Å². The maximum Gasteiger partial charge on any atom is 0.183 e. The van der Waals surface area contributed by atoms with E-state index in [2.05, 4.69) is 20.8 Å². The lowest BCUT2D eigenvalue weighted by molar-refractivity contribution is -0.156. The number of rotatable bonds is 17. The van der Waals surface area contributed by atoms with Crippen molar-refractivity contribution in [2.45, 2.75) is 97.9 Å². The monoisotopic (exact) mass is 469 g/mol. The van der Waals surface area contributed by atoms with Gasteiger partial charge in [-0.2, -0.15) is 0 Å². The van der Waals surface area contributed by atoms with Gasteiger partial charge in [-0.1, -0.05) is 71.4 Å². The SMILES string of the molecule is CCC(C)COC(OCC(N)CC)c1ccccc1.CCC(N)COC(C)OCC(N)CC. The van der Waals surface area contributed by atoms with Crippen molar-refractivity contribution in [1.82, 2.24) is 0 Å². The van der Waals surface area contributed by atoms with Gasteiger partial charge in [0.2, 0.25) is 0 Å². The Kier molecular flexibility index (Phi) is 19.7. The minimum Gasteiger partial charge on any atom is -0.351 e. The second kappa shape index (κ2) is 20.3. The van der Waals surface area contributed by atoms with Crippen molar-refractivity contribution in [3.05, 3.63) is 35.9 Å². The molecule has 194 valence electrons. The molecular weight excluding hydrogens is 418 g/mol. The van der Waals surface area contributed by atoms with Gasteiger partial charge in [0, 0.05) is 23.7 Å². The molecule has 0 spiro atoms. The van der Waals surface area contributed by atoms with Crippen LogP contribution in [0, 0.1) is 5.92 Å². The molecule has 0 aliphatic rings. The zero-order valence-electron chi connectivity index (χ0n) is 21.9. The molecule has 0 fully saturated rings. The highest BCUT2D eigenvalue weighted by Crippen LogP contribution is 2.20. The van der Waals surface area contributed by atoms with Crippen molar-refractivity contribution in [3.63, 3.8) is 0 Å². The van der Waals surface area contributed by atoms with Crippen molar-refractivity contribution >= 4 is 0 Å². The first-order valence-corrected chi connectivity index (χ1v) is 12.5. The summed E-state index contributed by atoms with van der Waals surface area (Å²) in [4.78, 5) is 0. The van der Waals surface area contributed by atoms with Crippen LogP contribution in [0.4, 0.5) is 0 Å². The van der Waals surface area contributed by atoms with E-state index in [1.165, 1.54) is 0 Å². The molecule has 0 amide bonds. The van der Waals surface area contributed by atoms with E-state index in [1.807, 2.05) is 51.1 Å². The van der Waals surface area contributed by atoms with E-state index in [-0.39, 0.29) is 30.7 Å². The van der Waals surface area contributed by atoms with Crippen LogP contribution < -0.4 is 17.2 Å². The molecule has 5 atom stereocenters. The summed E-state index contributed by atoms with van der Waals surface area (Å²) in [5.74, 6) is 0.537. The van der Waals surface area contributed by atoms with Gasteiger partial charge < -0.3 is 36.1 Å². The molecule has 0 aliphatic carbocycles. The quantitative estimate of drug-likeness (QED) is 0.291. The highest BCUT2D eigenvalue weighted by atomic mass is 16.7. The average Bonchev–Trinajstić information content (AvgIpc) is 2.85. The van der Waals surface area contributed by atoms with Crippen LogP contribution in [-0.4, -0.2) is 50.8 Å². The number of hydrogen-bond donors (Lipinski definition) is 3. The van der Waals surface area contributed by atoms with Crippen LogP contribution in [0.1, 0.15) is 79.1 Å². The largest absolute Gasteiger partial charge is 0.351 e. The summed E-state index contributed by atoms with van der Waals surface area (Å²) in [6.07, 6.45) is 3.32. The Balaban J connectivity index is 0.000000653. The first-order valence-electron chi connectivity index (χ1n) is 12.5. The van der Waals surface area contributed by atoms with E-state index in [4.69, 9.17) is 36.1 Å². The van der Waals surface area contributed by atoms with Crippen LogP contribution in [0.25, 0.3) is 0 Å². The fourth-order valence-corrected chi connectivity index (χ4v) is 2.35. The third-order valence-corrected chi connectivity index (χ3v) is 5.43. The second-order valence-corrected chi connectivity index (χ2v) is 8.66. The van der Waals surface area contributed by atoms with Gasteiger partial charge >= 0.3 is 0 Å². The lowest BCUT2D eigenvalue weighted by atomic mass is 10.1. The normalized spacial score (nSPS) is 16.8. The van der Waals surface area contributed by atoms with Gasteiger partial charge in [0.05, 0.1) is 26.4 Å². The Hall–Kier alpha value is -1.06. The Morgan fingerprint density at radius 2 is 1.03 bits per heavy atom. The Bertz CT molecular complexity index is 522. The van der Waals surface area contributed by atoms with Gasteiger partial charge in [-0.15, -0.1) is 0 Å². The van der Waals surface area contributed by atoms with E-state index < -0.39 is 0 Å². The molecule has 0 heterocycles. The lowest BCUT2D eigenvalue weighted by Crippen LogP contribution is -2.31. The van der Waals surface area contributed by atoms with Crippen molar-refractivity contribution in [2.75, 3.05) is 26.4 Å². The summed E-state index contributed by atoms with van der Waals surface area (Å²) >= 11 is 0. The summed E-state index contributed by atoms with van der Waals surface area (Å²) in [5.41, 5.74) is 18.3. The molecule has 1 rings (SSSR count). The Morgan fingerprint density at radius 1 is 0.606 bits per heavy atom. The lowest BCUT2D eigenvalue weighted by Gasteiger charge is -2.22. The summed E-state index contributed by atoms with van der Waals surface area (Å²) in [7, 11) is 0. The van der Waals surface area contributed by atoms with E-state index in [0.717, 1.165) is 31.2 Å². The van der Waals surface area contributed by atoms with Gasteiger partial charge in [0.15, 0.2) is 12.6 Å². The Labute approximate surface area is 202 Å². The molecule has 0 radical (unpaired) electrons. The molecule has 6 N–H and O–H groups in total. The van der Waals surface area contributed by atoms with Crippen LogP contribution in [0.5, 0.6) is 0 Å². The molecule has 0 aromatic heterocycles. The molecule has 0 bridgehead atoms. The van der Waals surface area contributed by atoms with Crippen LogP contribution >= 0.6 is 0 Å². The third-order valence-electron chi connectivity index (χ3n) is 5.43. The molecule has 0 saturated carbocycles. The van der Waals surface area contributed by atoms with Crippen molar-refractivity contribution in [3.8, 4) is 0 Å². The van der Waals surface area contributed by atoms with Crippen LogP contribution in [0.3, 0.4) is 0 Å². The number of nitrogens with two attached hydrogens (primary N) is 3. The first kappa shape index (κ1) is 31.9. The maximum absolute atomic E-state index is 5.90. The molecular formula is C26H51N3O4. The van der Waals surface area contributed by atoms with E-state index in [0.29, 0.717) is 32.3 Å². The number of benzene rings is 1. The standard InChI is InChI=1S/C16H27NO2.C10H24N2O2/c1-4-13(3)11-18-16(19-12-15(17)5-2)14-9-7-6-8-10-14;1-4-9(11)6-13-8(3)14-7-10(12)5-2/h6-10,13,15-16H,4-5,11-12,17H2,1-3H3;8-10H,4-7,11-12H2,1-3H3. The zero-order valence-corrected chi connectivity index (χ0v) is 21.9. The van der Waals surface area contributed by atoms with Gasteiger partial charge in [0.25, 0.3) is 0 Å². The van der Waals surface area contributed by atoms with Gasteiger partial charge in [-0.25, -0.2) is 0 Å². The highest BCUT2D eigenvalue weighted by Gasteiger charge is 2.15. The van der Waals surface area contributed by atoms with Crippen molar-refractivity contribution in [2.24, 2.45) is 23.1 Å².